The number of hydrogen-bond acceptors (Lipinski definition) is 11. The van der Waals surface area contributed by atoms with Crippen molar-refractivity contribution in [3.8, 4) is 5.75 Å². The number of anilines is 2. The predicted octanol–water partition coefficient (Wildman–Crippen LogP) is 2.87. The molecule has 47 heavy (non-hydrogen) atoms. The van der Waals surface area contributed by atoms with Crippen LogP contribution in [0.3, 0.4) is 0 Å². The summed E-state index contributed by atoms with van der Waals surface area (Å²) in [5.74, 6) is -3.80. The molecule has 1 aromatic heterocycles. The molecule has 0 spiro atoms. The molecule has 1 saturated heterocycles. The third-order valence-electron chi connectivity index (χ3n) is 7.71. The van der Waals surface area contributed by atoms with E-state index in [0.717, 1.165) is 28.0 Å². The summed E-state index contributed by atoms with van der Waals surface area (Å²) in [5.41, 5.74) is 1.39. The Balaban J connectivity index is 1.34. The Morgan fingerprint density at radius 3 is 2.23 bits per heavy atom. The van der Waals surface area contributed by atoms with Gasteiger partial charge in [0, 0.05) is 16.5 Å². The van der Waals surface area contributed by atoms with Gasteiger partial charge in [-0.05, 0) is 73.2 Å². The number of ether oxygens (including phenoxy) is 1. The highest BCUT2D eigenvalue weighted by Gasteiger charge is 2.56. The zero-order chi connectivity index (χ0) is 33.6. The molecule has 2 unspecified atom stereocenters. The van der Waals surface area contributed by atoms with Crippen LogP contribution in [0.5, 0.6) is 5.75 Å². The van der Waals surface area contributed by atoms with Crippen molar-refractivity contribution >= 4 is 68.2 Å². The molecule has 2 aliphatic heterocycles. The fraction of sp³-hybridized carbons (Fsp3) is 0.194. The Kier molecular flexibility index (Phi) is 8.52. The molecule has 0 aliphatic carbocycles. The van der Waals surface area contributed by atoms with Gasteiger partial charge in [0.1, 0.15) is 17.5 Å². The largest absolute Gasteiger partial charge is 0.508 e. The third kappa shape index (κ3) is 6.07. The van der Waals surface area contributed by atoms with Gasteiger partial charge in [-0.2, -0.15) is 0 Å². The maximum absolute atomic E-state index is 14.1. The summed E-state index contributed by atoms with van der Waals surface area (Å²) in [5, 5.41) is 17.1. The fourth-order valence-corrected chi connectivity index (χ4v) is 8.87. The van der Waals surface area contributed by atoms with Crippen LogP contribution in [0.2, 0.25) is 0 Å². The number of nitrogens with zero attached hydrogens (tertiary/aromatic N) is 2. The molecular formula is C31H26N4O9S3. The molecule has 3 atom stereocenters. The number of sulfonamides is 1. The van der Waals surface area contributed by atoms with Crippen LogP contribution < -0.4 is 20.2 Å². The second kappa shape index (κ2) is 12.4. The number of aromatic nitrogens is 1. The van der Waals surface area contributed by atoms with E-state index < -0.39 is 62.2 Å². The zero-order valence-corrected chi connectivity index (χ0v) is 26.9. The van der Waals surface area contributed by atoms with Crippen LogP contribution in [0.1, 0.15) is 33.6 Å². The van der Waals surface area contributed by atoms with E-state index in [2.05, 4.69) is 5.32 Å². The standard InChI is InChI=1S/C31H26N4O9S3/c1-2-44-30(40)17-3-9-19(10-4-17)35-27(38)24-23(16-5-11-20(36)12-6-16)26-29(45-25(24)28(35)39)34(31(41)46-26)15-22(37)33-18-7-13-21(14-8-18)47(32,42)43/h3-14,23-25,36H,2,15H2,1H3,(H,33,37)(H2,32,42,43)/t23-,24?,25?/m0/s1. The van der Waals surface area contributed by atoms with E-state index >= 15 is 0 Å². The van der Waals surface area contributed by atoms with E-state index in [0.29, 0.717) is 15.5 Å². The van der Waals surface area contributed by atoms with Crippen LogP contribution in [0.4, 0.5) is 11.4 Å². The number of phenols is 1. The Hall–Kier alpha value is -4.77. The first kappa shape index (κ1) is 32.2. The number of rotatable bonds is 8. The minimum absolute atomic E-state index is 0.00706. The van der Waals surface area contributed by atoms with Gasteiger partial charge in [0.2, 0.25) is 27.7 Å². The summed E-state index contributed by atoms with van der Waals surface area (Å²) in [6.07, 6.45) is 0. The van der Waals surface area contributed by atoms with Crippen molar-refractivity contribution in [3.63, 3.8) is 0 Å². The first-order valence-corrected chi connectivity index (χ1v) is 17.4. The third-order valence-corrected chi connectivity index (χ3v) is 11.2. The lowest BCUT2D eigenvalue weighted by atomic mass is 9.83. The van der Waals surface area contributed by atoms with E-state index in [1.54, 1.807) is 19.1 Å². The number of imide groups is 1. The number of thiazole rings is 1. The second-order valence-corrected chi connectivity index (χ2v) is 14.3. The van der Waals surface area contributed by atoms with Crippen molar-refractivity contribution < 1.29 is 37.4 Å². The lowest BCUT2D eigenvalue weighted by molar-refractivity contribution is -0.122. The Bertz CT molecular complexity index is 2070. The quantitative estimate of drug-likeness (QED) is 0.182. The summed E-state index contributed by atoms with van der Waals surface area (Å²) in [7, 11) is -3.93. The summed E-state index contributed by atoms with van der Waals surface area (Å²) in [6.45, 7) is 1.45. The average molecular weight is 695 g/mol. The highest BCUT2D eigenvalue weighted by molar-refractivity contribution is 8.00. The highest BCUT2D eigenvalue weighted by atomic mass is 32.2. The Morgan fingerprint density at radius 2 is 1.62 bits per heavy atom. The monoisotopic (exact) mass is 694 g/mol. The number of fused-ring (bicyclic) bond motifs is 2. The van der Waals surface area contributed by atoms with Crippen molar-refractivity contribution in [2.24, 2.45) is 11.1 Å². The maximum Gasteiger partial charge on any atom is 0.338 e. The smallest absolute Gasteiger partial charge is 0.338 e. The molecule has 3 amide bonds. The van der Waals surface area contributed by atoms with E-state index in [1.807, 2.05) is 0 Å². The molecule has 2 aliphatic rings. The van der Waals surface area contributed by atoms with Crippen molar-refractivity contribution in [2.75, 3.05) is 16.8 Å². The van der Waals surface area contributed by atoms with E-state index in [9.17, 15) is 37.5 Å². The van der Waals surface area contributed by atoms with Crippen LogP contribution in [0, 0.1) is 5.92 Å². The molecule has 6 rings (SSSR count). The molecular weight excluding hydrogens is 669 g/mol. The van der Waals surface area contributed by atoms with Crippen molar-refractivity contribution in [3.05, 3.63) is 98.5 Å². The molecule has 0 radical (unpaired) electrons. The van der Waals surface area contributed by atoms with Gasteiger partial charge >= 0.3 is 10.8 Å². The normalized spacial score (nSPS) is 18.9. The van der Waals surface area contributed by atoms with Crippen molar-refractivity contribution in [1.29, 1.82) is 0 Å². The minimum Gasteiger partial charge on any atom is -0.508 e. The topological polar surface area (TPSA) is 195 Å². The van der Waals surface area contributed by atoms with Crippen LogP contribution in [-0.2, 0) is 35.7 Å². The number of nitrogens with two attached hydrogens (primary N) is 1. The molecule has 4 N–H and O–H groups in total. The molecule has 13 nitrogen and oxygen atoms in total. The molecule has 16 heteroatoms. The van der Waals surface area contributed by atoms with Crippen LogP contribution in [0.25, 0.3) is 0 Å². The zero-order valence-electron chi connectivity index (χ0n) is 24.5. The second-order valence-electron chi connectivity index (χ2n) is 10.7. The minimum atomic E-state index is -3.93. The number of primary sulfonamides is 1. The van der Waals surface area contributed by atoms with Gasteiger partial charge in [0.25, 0.3) is 0 Å². The summed E-state index contributed by atoms with van der Waals surface area (Å²) in [4.78, 5) is 67.5. The number of nitrogens with one attached hydrogen (secondary N) is 1. The molecule has 4 aromatic rings. The van der Waals surface area contributed by atoms with Gasteiger partial charge < -0.3 is 15.2 Å². The average Bonchev–Trinajstić information content (AvgIpc) is 3.47. The summed E-state index contributed by atoms with van der Waals surface area (Å²) < 4.78 is 29.4. The number of benzene rings is 3. The molecule has 0 bridgehead atoms. The van der Waals surface area contributed by atoms with Gasteiger partial charge in [-0.1, -0.05) is 35.2 Å². The molecule has 3 heterocycles. The number of carbonyl (C=O) groups excluding carboxylic acids is 4. The number of amides is 3. The van der Waals surface area contributed by atoms with Crippen molar-refractivity contribution in [1.82, 2.24) is 4.57 Å². The Labute approximate surface area is 276 Å². The number of phenolic OH excluding ortho intramolecular Hbond substituents is 1. The van der Waals surface area contributed by atoms with E-state index in [-0.39, 0.29) is 34.2 Å². The van der Waals surface area contributed by atoms with Crippen LogP contribution in [0.15, 0.2) is 87.5 Å². The lowest BCUT2D eigenvalue weighted by Crippen LogP contribution is -2.33. The molecule has 3 aromatic carbocycles. The van der Waals surface area contributed by atoms with Gasteiger partial charge in [0.15, 0.2) is 0 Å². The van der Waals surface area contributed by atoms with E-state index in [4.69, 9.17) is 9.88 Å². The summed E-state index contributed by atoms with van der Waals surface area (Å²) in [6, 6.07) is 17.3. The lowest BCUT2D eigenvalue weighted by Gasteiger charge is -2.30. The maximum atomic E-state index is 14.1. The first-order valence-electron chi connectivity index (χ1n) is 14.1. The van der Waals surface area contributed by atoms with Crippen molar-refractivity contribution in [2.45, 2.75) is 34.6 Å². The Morgan fingerprint density at radius 1 is 0.957 bits per heavy atom. The molecule has 1 fully saturated rings. The fourth-order valence-electron chi connectivity index (χ4n) is 5.58. The number of carbonyl (C=O) groups is 4. The molecule has 242 valence electrons. The SMILES string of the molecule is CCOC(=O)c1ccc(N2C(=O)C3Sc4c(sc(=O)n4CC(=O)Nc4ccc(S(N)(=O)=O)cc4)[C@@H](c4ccc(O)cc4)C3C2=O)cc1. The highest BCUT2D eigenvalue weighted by Crippen LogP contribution is 2.54. The molecule has 0 saturated carbocycles. The summed E-state index contributed by atoms with van der Waals surface area (Å²) >= 11 is 1.90. The van der Waals surface area contributed by atoms with Crippen LogP contribution >= 0.6 is 23.1 Å². The predicted molar refractivity (Wildman–Crippen MR) is 173 cm³/mol. The number of aromatic hydroxyl groups is 1. The number of hydrogen-bond donors (Lipinski definition) is 3. The first-order chi connectivity index (χ1) is 22.4. The number of esters is 1. The van der Waals surface area contributed by atoms with E-state index in [1.165, 1.54) is 65.2 Å². The number of thioether (sulfide) groups is 1. The van der Waals surface area contributed by atoms with Crippen LogP contribution in [-0.4, -0.2) is 53.6 Å². The van der Waals surface area contributed by atoms with Gasteiger partial charge in [-0.15, -0.1) is 0 Å². The van der Waals surface area contributed by atoms with Gasteiger partial charge in [-0.3, -0.25) is 23.7 Å². The van der Waals surface area contributed by atoms with Gasteiger partial charge in [0.05, 0.1) is 33.7 Å². The van der Waals surface area contributed by atoms with Gasteiger partial charge in [-0.25, -0.2) is 23.3 Å².